The van der Waals surface area contributed by atoms with E-state index in [0.717, 1.165) is 29.2 Å². The average Bonchev–Trinajstić information content (AvgIpc) is 3.04. The highest BCUT2D eigenvalue weighted by Gasteiger charge is 2.23. The number of aromatic hydroxyl groups is 1. The fraction of sp³-hybridized carbons (Fsp3) is 0.250. The van der Waals surface area contributed by atoms with Crippen molar-refractivity contribution >= 4 is 22.2 Å². The number of imidazole rings is 1. The number of hydrogen-bond donors (Lipinski definition) is 1. The van der Waals surface area contributed by atoms with Gasteiger partial charge >= 0.3 is 0 Å². The number of carbonyl (C=O) groups is 1. The summed E-state index contributed by atoms with van der Waals surface area (Å²) in [7, 11) is 0. The average molecular weight is 313 g/mol. The molecule has 0 fully saturated rings. The lowest BCUT2D eigenvalue weighted by molar-refractivity contribution is -0.129. The lowest BCUT2D eigenvalue weighted by atomic mass is 10.1. The van der Waals surface area contributed by atoms with Crippen LogP contribution in [0.1, 0.15) is 17.5 Å². The first-order valence-electron chi connectivity index (χ1n) is 7.16. The maximum Gasteiger partial charge on any atom is 0.219 e. The van der Waals surface area contributed by atoms with Crippen LogP contribution in [0.4, 0.5) is 0 Å². The van der Waals surface area contributed by atoms with Gasteiger partial charge in [-0.2, -0.15) is 0 Å². The van der Waals surface area contributed by atoms with Crippen molar-refractivity contribution in [3.05, 3.63) is 41.0 Å². The molecule has 3 heterocycles. The highest BCUT2D eigenvalue weighted by molar-refractivity contribution is 7.17. The fourth-order valence-electron chi connectivity index (χ4n) is 2.85. The third-order valence-corrected chi connectivity index (χ3v) is 5.14. The van der Waals surface area contributed by atoms with E-state index < -0.39 is 0 Å². The summed E-state index contributed by atoms with van der Waals surface area (Å²) < 4.78 is 2.14. The molecule has 0 aliphatic carbocycles. The van der Waals surface area contributed by atoms with Crippen molar-refractivity contribution in [3.63, 3.8) is 0 Å². The Morgan fingerprint density at radius 2 is 2.09 bits per heavy atom. The molecule has 6 heteroatoms. The van der Waals surface area contributed by atoms with Crippen LogP contribution in [0.2, 0.25) is 0 Å². The standard InChI is InChI=1S/C16H15N3O2S/c1-10(20)18-7-6-14-15(9-18)22-16-17-13(8-19(14)16)11-2-4-12(21)5-3-11/h2-5,8,21H,6-7,9H2,1H3. The van der Waals surface area contributed by atoms with Crippen molar-refractivity contribution in [1.82, 2.24) is 14.3 Å². The molecular weight excluding hydrogens is 298 g/mol. The van der Waals surface area contributed by atoms with Crippen molar-refractivity contribution in [3.8, 4) is 17.0 Å². The van der Waals surface area contributed by atoms with E-state index in [1.54, 1.807) is 30.4 Å². The number of amides is 1. The van der Waals surface area contributed by atoms with Gasteiger partial charge in [0, 0.05) is 42.2 Å². The predicted octanol–water partition coefficient (Wildman–Crippen LogP) is 2.67. The van der Waals surface area contributed by atoms with Gasteiger partial charge in [0.25, 0.3) is 0 Å². The van der Waals surface area contributed by atoms with E-state index in [-0.39, 0.29) is 11.7 Å². The van der Waals surface area contributed by atoms with E-state index in [4.69, 9.17) is 0 Å². The molecule has 22 heavy (non-hydrogen) atoms. The molecular formula is C16H15N3O2S. The van der Waals surface area contributed by atoms with Crippen molar-refractivity contribution in [2.45, 2.75) is 19.9 Å². The maximum absolute atomic E-state index is 11.5. The molecule has 112 valence electrons. The van der Waals surface area contributed by atoms with Crippen molar-refractivity contribution in [2.24, 2.45) is 0 Å². The van der Waals surface area contributed by atoms with Crippen LogP contribution in [0.25, 0.3) is 16.2 Å². The molecule has 1 N–H and O–H groups in total. The number of thiazole rings is 1. The minimum Gasteiger partial charge on any atom is -0.508 e. The van der Waals surface area contributed by atoms with Gasteiger partial charge in [-0.25, -0.2) is 4.98 Å². The number of rotatable bonds is 1. The van der Waals surface area contributed by atoms with E-state index in [2.05, 4.69) is 9.38 Å². The van der Waals surface area contributed by atoms with Crippen molar-refractivity contribution in [1.29, 1.82) is 0 Å². The molecule has 0 unspecified atom stereocenters. The molecule has 2 aromatic heterocycles. The van der Waals surface area contributed by atoms with Gasteiger partial charge in [-0.1, -0.05) is 11.3 Å². The van der Waals surface area contributed by atoms with Crippen LogP contribution >= 0.6 is 11.3 Å². The second-order valence-electron chi connectivity index (χ2n) is 5.49. The van der Waals surface area contributed by atoms with Gasteiger partial charge in [0.05, 0.1) is 12.2 Å². The number of carbonyl (C=O) groups excluding carboxylic acids is 1. The lowest BCUT2D eigenvalue weighted by Crippen LogP contribution is -2.33. The number of phenolic OH excluding ortho intramolecular Hbond substituents is 1. The molecule has 0 spiro atoms. The molecule has 4 rings (SSSR count). The third kappa shape index (κ3) is 2.07. The minimum atomic E-state index is 0.126. The molecule has 0 radical (unpaired) electrons. The Hall–Kier alpha value is -2.34. The zero-order valence-corrected chi connectivity index (χ0v) is 12.9. The first kappa shape index (κ1) is 13.3. The molecule has 0 saturated carbocycles. The second kappa shape index (κ2) is 4.84. The van der Waals surface area contributed by atoms with Crippen LogP contribution < -0.4 is 0 Å². The highest BCUT2D eigenvalue weighted by atomic mass is 32.1. The number of hydrogen-bond acceptors (Lipinski definition) is 4. The molecule has 3 aromatic rings. The van der Waals surface area contributed by atoms with E-state index in [9.17, 15) is 9.90 Å². The van der Waals surface area contributed by atoms with Crippen LogP contribution in [0.3, 0.4) is 0 Å². The summed E-state index contributed by atoms with van der Waals surface area (Å²) >= 11 is 1.65. The van der Waals surface area contributed by atoms with E-state index in [1.165, 1.54) is 10.6 Å². The number of fused-ring (bicyclic) bond motifs is 3. The summed E-state index contributed by atoms with van der Waals surface area (Å²) in [4.78, 5) is 20.3. The first-order valence-corrected chi connectivity index (χ1v) is 7.98. The van der Waals surface area contributed by atoms with Gasteiger partial charge in [0.1, 0.15) is 5.75 Å². The molecule has 0 atom stereocenters. The topological polar surface area (TPSA) is 57.8 Å². The van der Waals surface area contributed by atoms with Gasteiger partial charge in [-0.3, -0.25) is 9.20 Å². The summed E-state index contributed by atoms with van der Waals surface area (Å²) in [6, 6.07) is 7.07. The quantitative estimate of drug-likeness (QED) is 0.751. The summed E-state index contributed by atoms with van der Waals surface area (Å²) in [6.07, 6.45) is 2.90. The van der Waals surface area contributed by atoms with E-state index in [0.29, 0.717) is 6.54 Å². The molecule has 1 aliphatic heterocycles. The van der Waals surface area contributed by atoms with Gasteiger partial charge in [0.2, 0.25) is 5.91 Å². The van der Waals surface area contributed by atoms with Crippen LogP contribution in [-0.2, 0) is 17.8 Å². The number of benzene rings is 1. The second-order valence-corrected chi connectivity index (χ2v) is 6.55. The van der Waals surface area contributed by atoms with Gasteiger partial charge < -0.3 is 10.0 Å². The summed E-state index contributed by atoms with van der Waals surface area (Å²) in [6.45, 7) is 3.07. The Morgan fingerprint density at radius 1 is 1.32 bits per heavy atom. The molecule has 5 nitrogen and oxygen atoms in total. The summed E-state index contributed by atoms with van der Waals surface area (Å²) in [5, 5.41) is 9.38. The highest BCUT2D eigenvalue weighted by Crippen LogP contribution is 2.31. The van der Waals surface area contributed by atoms with Gasteiger partial charge in [-0.05, 0) is 24.3 Å². The molecule has 1 aromatic carbocycles. The van der Waals surface area contributed by atoms with Crippen molar-refractivity contribution in [2.75, 3.05) is 6.54 Å². The largest absolute Gasteiger partial charge is 0.508 e. The number of aromatic nitrogens is 2. The lowest BCUT2D eigenvalue weighted by Gasteiger charge is -2.25. The van der Waals surface area contributed by atoms with E-state index in [1.807, 2.05) is 23.2 Å². The maximum atomic E-state index is 11.5. The van der Waals surface area contributed by atoms with Crippen molar-refractivity contribution < 1.29 is 9.90 Å². The molecule has 0 bridgehead atoms. The van der Waals surface area contributed by atoms with Crippen LogP contribution in [0.5, 0.6) is 5.75 Å². The zero-order chi connectivity index (χ0) is 15.3. The molecule has 1 aliphatic rings. The van der Waals surface area contributed by atoms with Crippen LogP contribution in [-0.4, -0.2) is 31.8 Å². The van der Waals surface area contributed by atoms with Crippen LogP contribution in [0.15, 0.2) is 30.5 Å². The Labute approximate surface area is 131 Å². The number of phenols is 1. The third-order valence-electron chi connectivity index (χ3n) is 4.06. The van der Waals surface area contributed by atoms with E-state index >= 15 is 0 Å². The Morgan fingerprint density at radius 3 is 2.82 bits per heavy atom. The summed E-state index contributed by atoms with van der Waals surface area (Å²) in [5.41, 5.74) is 3.15. The number of nitrogens with zero attached hydrogens (tertiary/aromatic N) is 3. The molecule has 0 saturated heterocycles. The summed E-state index contributed by atoms with van der Waals surface area (Å²) in [5.74, 6) is 0.382. The normalized spacial score (nSPS) is 14.3. The smallest absolute Gasteiger partial charge is 0.219 e. The monoisotopic (exact) mass is 313 g/mol. The Bertz CT molecular complexity index is 864. The SMILES string of the molecule is CC(=O)N1CCc2c(sc3nc(-c4ccc(O)cc4)cn23)C1. The Kier molecular flexibility index (Phi) is 2.94. The van der Waals surface area contributed by atoms with Gasteiger partial charge in [0.15, 0.2) is 4.96 Å². The van der Waals surface area contributed by atoms with Crippen LogP contribution in [0, 0.1) is 0 Å². The minimum absolute atomic E-state index is 0.126. The zero-order valence-electron chi connectivity index (χ0n) is 12.1. The predicted molar refractivity (Wildman–Crippen MR) is 85.0 cm³/mol. The molecule has 1 amide bonds. The van der Waals surface area contributed by atoms with Gasteiger partial charge in [-0.15, -0.1) is 0 Å². The fourth-order valence-corrected chi connectivity index (χ4v) is 4.01. The Balaban J connectivity index is 1.74. The first-order chi connectivity index (χ1) is 10.6.